The van der Waals surface area contributed by atoms with Crippen molar-refractivity contribution in [3.05, 3.63) is 54.6 Å². The van der Waals surface area contributed by atoms with E-state index < -0.39 is 50.3 Å². The SMILES string of the molecule is CC(C)(C)OC(=O)NC(C(=O)O)C(C)(C)C(=O)C1SCCN1S(=O)(=O)c1ccc(-c2ccccc2)cc1. The number of nitrogens with zero attached hydrogens (tertiary/aromatic N) is 1. The van der Waals surface area contributed by atoms with Crippen molar-refractivity contribution in [3.8, 4) is 11.1 Å². The van der Waals surface area contributed by atoms with Gasteiger partial charge in [-0.2, -0.15) is 4.31 Å². The van der Waals surface area contributed by atoms with Crippen molar-refractivity contribution in [2.24, 2.45) is 5.41 Å². The number of aliphatic carboxylic acids is 1. The summed E-state index contributed by atoms with van der Waals surface area (Å²) in [6.45, 7) is 7.74. The Morgan fingerprint density at radius 3 is 2.11 bits per heavy atom. The van der Waals surface area contributed by atoms with E-state index in [0.29, 0.717) is 5.75 Å². The molecule has 1 fully saturated rings. The minimum Gasteiger partial charge on any atom is -0.480 e. The van der Waals surface area contributed by atoms with Crippen molar-refractivity contribution >= 4 is 39.6 Å². The number of carboxylic acids is 1. The maximum Gasteiger partial charge on any atom is 0.408 e. The molecule has 0 aromatic heterocycles. The summed E-state index contributed by atoms with van der Waals surface area (Å²) in [5, 5.41) is 10.9. The molecule has 2 atom stereocenters. The van der Waals surface area contributed by atoms with Gasteiger partial charge in [0.1, 0.15) is 17.0 Å². The fraction of sp³-hybridized carbons (Fsp3) is 0.423. The molecule has 200 valence electrons. The zero-order valence-corrected chi connectivity index (χ0v) is 23.1. The molecular formula is C26H32N2O7S2. The van der Waals surface area contributed by atoms with Gasteiger partial charge in [0, 0.05) is 12.3 Å². The first-order valence-corrected chi connectivity index (χ1v) is 14.2. The lowest BCUT2D eigenvalue weighted by Gasteiger charge is -2.34. The van der Waals surface area contributed by atoms with Crippen molar-refractivity contribution < 1.29 is 32.6 Å². The molecule has 0 radical (unpaired) electrons. The van der Waals surface area contributed by atoms with Crippen LogP contribution < -0.4 is 5.32 Å². The number of ether oxygens (including phenoxy) is 1. The number of benzene rings is 2. The molecule has 2 aromatic rings. The molecule has 2 aromatic carbocycles. The number of thioether (sulfide) groups is 1. The Morgan fingerprint density at radius 2 is 1.57 bits per heavy atom. The zero-order chi connectivity index (χ0) is 27.6. The summed E-state index contributed by atoms with van der Waals surface area (Å²) in [6, 6.07) is 14.3. The van der Waals surface area contributed by atoms with Gasteiger partial charge in [0.15, 0.2) is 5.78 Å². The Kier molecular flexibility index (Phi) is 8.40. The van der Waals surface area contributed by atoms with Crippen molar-refractivity contribution in [2.45, 2.75) is 56.5 Å². The first-order chi connectivity index (χ1) is 17.1. The number of carbonyl (C=O) groups excluding carboxylic acids is 2. The molecule has 2 N–H and O–H groups in total. The smallest absolute Gasteiger partial charge is 0.408 e. The summed E-state index contributed by atoms with van der Waals surface area (Å²) < 4.78 is 33.3. The van der Waals surface area contributed by atoms with Gasteiger partial charge in [-0.3, -0.25) is 4.79 Å². The summed E-state index contributed by atoms with van der Waals surface area (Å²) in [5.41, 5.74) is -0.726. The first kappa shape index (κ1) is 28.7. The van der Waals surface area contributed by atoms with Gasteiger partial charge in [-0.25, -0.2) is 18.0 Å². The zero-order valence-electron chi connectivity index (χ0n) is 21.4. The summed E-state index contributed by atoms with van der Waals surface area (Å²) in [5.74, 6) is -1.69. The Balaban J connectivity index is 1.84. The van der Waals surface area contributed by atoms with E-state index in [0.717, 1.165) is 27.2 Å². The van der Waals surface area contributed by atoms with E-state index in [9.17, 15) is 27.9 Å². The van der Waals surface area contributed by atoms with Gasteiger partial charge in [0.2, 0.25) is 10.0 Å². The minimum atomic E-state index is -4.05. The highest BCUT2D eigenvalue weighted by molar-refractivity contribution is 8.02. The van der Waals surface area contributed by atoms with Gasteiger partial charge < -0.3 is 15.2 Å². The van der Waals surface area contributed by atoms with Gasteiger partial charge in [-0.1, -0.05) is 56.3 Å². The largest absolute Gasteiger partial charge is 0.480 e. The lowest BCUT2D eigenvalue weighted by Crippen LogP contribution is -2.57. The summed E-state index contributed by atoms with van der Waals surface area (Å²) in [4.78, 5) is 38.0. The molecule has 0 saturated carbocycles. The van der Waals surface area contributed by atoms with Gasteiger partial charge in [0.05, 0.1) is 10.3 Å². The molecule has 37 heavy (non-hydrogen) atoms. The van der Waals surface area contributed by atoms with Gasteiger partial charge in [0.25, 0.3) is 0 Å². The van der Waals surface area contributed by atoms with E-state index in [1.165, 1.54) is 26.0 Å². The monoisotopic (exact) mass is 548 g/mol. The van der Waals surface area contributed by atoms with E-state index >= 15 is 0 Å². The normalized spacial score (nSPS) is 17.7. The van der Waals surface area contributed by atoms with Crippen LogP contribution in [0.1, 0.15) is 34.6 Å². The highest BCUT2D eigenvalue weighted by atomic mass is 32.2. The van der Waals surface area contributed by atoms with Crippen molar-refractivity contribution in [2.75, 3.05) is 12.3 Å². The molecule has 0 spiro atoms. The van der Waals surface area contributed by atoms with E-state index in [2.05, 4.69) is 5.32 Å². The quantitative estimate of drug-likeness (QED) is 0.507. The van der Waals surface area contributed by atoms with Crippen LogP contribution in [0.5, 0.6) is 0 Å². The number of hydrogen-bond acceptors (Lipinski definition) is 7. The second-order valence-electron chi connectivity index (χ2n) is 10.2. The molecule has 0 bridgehead atoms. The molecule has 0 aliphatic carbocycles. The van der Waals surface area contributed by atoms with Gasteiger partial charge >= 0.3 is 12.1 Å². The van der Waals surface area contributed by atoms with E-state index in [1.54, 1.807) is 32.9 Å². The van der Waals surface area contributed by atoms with Crippen LogP contribution in [0.2, 0.25) is 0 Å². The van der Waals surface area contributed by atoms with Gasteiger partial charge in [-0.15, -0.1) is 11.8 Å². The predicted octanol–water partition coefficient (Wildman–Crippen LogP) is 3.99. The van der Waals surface area contributed by atoms with E-state index in [-0.39, 0.29) is 11.4 Å². The Hall–Kier alpha value is -2.89. The molecular weight excluding hydrogens is 516 g/mol. The minimum absolute atomic E-state index is 0.0342. The molecule has 11 heteroatoms. The van der Waals surface area contributed by atoms with Gasteiger partial charge in [-0.05, 0) is 44.0 Å². The highest BCUT2D eigenvalue weighted by Gasteiger charge is 2.50. The molecule has 9 nitrogen and oxygen atoms in total. The molecule has 1 aliphatic rings. The number of carboxylic acid groups (broad SMARTS) is 1. The number of hydrogen-bond donors (Lipinski definition) is 2. The molecule has 1 amide bonds. The fourth-order valence-corrected chi connectivity index (χ4v) is 7.25. The third kappa shape index (κ3) is 6.52. The molecule has 1 aliphatic heterocycles. The average molecular weight is 549 g/mol. The summed E-state index contributed by atoms with van der Waals surface area (Å²) in [7, 11) is -4.05. The lowest BCUT2D eigenvalue weighted by molar-refractivity contribution is -0.147. The third-order valence-electron chi connectivity index (χ3n) is 5.91. The fourth-order valence-electron chi connectivity index (χ4n) is 3.93. The van der Waals surface area contributed by atoms with Crippen LogP contribution in [-0.2, 0) is 24.3 Å². The number of carbonyl (C=O) groups is 3. The van der Waals surface area contributed by atoms with Crippen LogP contribution in [0.15, 0.2) is 59.5 Å². The van der Waals surface area contributed by atoms with E-state index in [4.69, 9.17) is 4.74 Å². The molecule has 2 unspecified atom stereocenters. The summed E-state index contributed by atoms with van der Waals surface area (Å²) in [6.07, 6.45) is -0.983. The standard InChI is InChI=1S/C26H32N2O7S2/c1-25(2,3)35-24(32)27-20(23(30)31)26(4,5)21(29)22-28(15-16-36-22)37(33,34)19-13-11-18(12-14-19)17-9-7-6-8-10-17/h6-14,20,22H,15-16H2,1-5H3,(H,27,32)(H,30,31). The van der Waals surface area contributed by atoms with Crippen LogP contribution in [0.25, 0.3) is 11.1 Å². The van der Waals surface area contributed by atoms with Crippen LogP contribution in [0.3, 0.4) is 0 Å². The van der Waals surface area contributed by atoms with Crippen molar-refractivity contribution in [1.82, 2.24) is 9.62 Å². The van der Waals surface area contributed by atoms with E-state index in [1.807, 2.05) is 30.3 Å². The first-order valence-electron chi connectivity index (χ1n) is 11.7. The maximum atomic E-state index is 13.6. The van der Waals surface area contributed by atoms with Crippen LogP contribution in [-0.4, -0.2) is 65.0 Å². The van der Waals surface area contributed by atoms with Crippen molar-refractivity contribution in [1.29, 1.82) is 0 Å². The predicted molar refractivity (Wildman–Crippen MR) is 142 cm³/mol. The number of amides is 1. The van der Waals surface area contributed by atoms with Crippen LogP contribution in [0, 0.1) is 5.41 Å². The number of alkyl carbamates (subject to hydrolysis) is 1. The highest BCUT2D eigenvalue weighted by Crippen LogP contribution is 2.37. The Bertz CT molecular complexity index is 1250. The number of ketones is 1. The third-order valence-corrected chi connectivity index (χ3v) is 9.12. The number of Topliss-reactive ketones (excluding diaryl/α,β-unsaturated/α-hetero) is 1. The topological polar surface area (TPSA) is 130 Å². The molecule has 3 rings (SSSR count). The lowest BCUT2D eigenvalue weighted by atomic mass is 9.80. The molecule has 1 saturated heterocycles. The van der Waals surface area contributed by atoms with Crippen LogP contribution in [0.4, 0.5) is 4.79 Å². The second kappa shape index (κ2) is 10.8. The van der Waals surface area contributed by atoms with Crippen LogP contribution >= 0.6 is 11.8 Å². The number of nitrogens with one attached hydrogen (secondary N) is 1. The van der Waals surface area contributed by atoms with Crippen molar-refractivity contribution in [3.63, 3.8) is 0 Å². The maximum absolute atomic E-state index is 13.6. The molecule has 1 heterocycles. The Labute approximate surface area is 221 Å². The number of rotatable bonds is 8. The average Bonchev–Trinajstić information content (AvgIpc) is 3.32. The summed E-state index contributed by atoms with van der Waals surface area (Å²) >= 11 is 1.13. The Morgan fingerprint density at radius 1 is 1.00 bits per heavy atom. The number of sulfonamides is 1. The second-order valence-corrected chi connectivity index (χ2v) is 13.3.